The molecule has 2 aliphatic rings. The molecule has 0 bridgehead atoms. The lowest BCUT2D eigenvalue weighted by Crippen LogP contribution is -2.52. The third kappa shape index (κ3) is 3.19. The van der Waals surface area contributed by atoms with E-state index < -0.39 is 0 Å². The van der Waals surface area contributed by atoms with Crippen LogP contribution in [0.3, 0.4) is 0 Å². The van der Waals surface area contributed by atoms with Crippen molar-refractivity contribution in [3.8, 4) is 0 Å². The second kappa shape index (κ2) is 7.09. The number of aromatic amines is 1. The number of hydrogen-bond acceptors (Lipinski definition) is 5. The number of nitrogens with zero attached hydrogens (tertiary/aromatic N) is 2. The average molecular weight is 323 g/mol. The maximum atomic E-state index is 11.5. The summed E-state index contributed by atoms with van der Waals surface area (Å²) >= 11 is 0. The Morgan fingerprint density at radius 2 is 1.78 bits per heavy atom. The molecule has 3 rings (SSSR count). The minimum absolute atomic E-state index is 0.118. The van der Waals surface area contributed by atoms with Crippen LogP contribution in [0.25, 0.3) is 0 Å². The van der Waals surface area contributed by atoms with E-state index >= 15 is 0 Å². The molecule has 0 aliphatic carbocycles. The Kier molecular flexibility index (Phi) is 5.57. The van der Waals surface area contributed by atoms with E-state index in [0.717, 1.165) is 18.9 Å². The lowest BCUT2D eigenvalue weighted by Gasteiger charge is -2.43. The zero-order chi connectivity index (χ0) is 17.1. The summed E-state index contributed by atoms with van der Waals surface area (Å²) < 4.78 is 10.3. The molecule has 0 spiro atoms. The summed E-state index contributed by atoms with van der Waals surface area (Å²) in [5.41, 5.74) is 1.02. The maximum absolute atomic E-state index is 11.5. The van der Waals surface area contributed by atoms with Crippen molar-refractivity contribution in [1.29, 1.82) is 0 Å². The molecule has 1 aromatic rings. The minimum Gasteiger partial charge on any atom is -0.379 e. The number of ketones is 1. The number of aromatic nitrogens is 3. The van der Waals surface area contributed by atoms with Gasteiger partial charge in [-0.05, 0) is 11.8 Å². The lowest BCUT2D eigenvalue weighted by atomic mass is 9.71. The predicted octanol–water partition coefficient (Wildman–Crippen LogP) is 2.37. The smallest absolute Gasteiger partial charge is 0.143 e. The molecule has 2 aliphatic heterocycles. The highest BCUT2D eigenvalue weighted by Crippen LogP contribution is 2.38. The SMILES string of the molecule is CC(C)C1(c2cn[nH]n2)COC1.CCC(=O)C1(C(C)C)COC1. The standard InChI is InChI=1S/C9H16O2.C8H13N3O/c1-4-8(10)9(7(2)3)5-11-6-9;1-6(2)8(4-12-5-8)7-3-9-11-10-7/h7H,4-6H2,1-3H3;3,6H,4-5H2,1-2H3,(H,9,10,11). The van der Waals surface area contributed by atoms with Crippen LogP contribution in [-0.4, -0.2) is 47.6 Å². The van der Waals surface area contributed by atoms with Gasteiger partial charge in [0, 0.05) is 6.42 Å². The number of carbonyl (C=O) groups is 1. The molecule has 0 saturated carbocycles. The normalized spacial score (nSPS) is 21.2. The first-order valence-electron chi connectivity index (χ1n) is 8.44. The molecule has 0 amide bonds. The van der Waals surface area contributed by atoms with E-state index in [4.69, 9.17) is 9.47 Å². The number of carbonyl (C=O) groups excluding carboxylic acids is 1. The fourth-order valence-corrected chi connectivity index (χ4v) is 3.03. The van der Waals surface area contributed by atoms with Crippen LogP contribution in [0, 0.1) is 17.3 Å². The first kappa shape index (κ1) is 18.1. The highest BCUT2D eigenvalue weighted by molar-refractivity contribution is 5.85. The molecule has 1 N–H and O–H groups in total. The molecule has 0 aromatic carbocycles. The van der Waals surface area contributed by atoms with Crippen molar-refractivity contribution in [2.24, 2.45) is 17.3 Å². The van der Waals surface area contributed by atoms with Crippen molar-refractivity contribution in [3.05, 3.63) is 11.9 Å². The second-order valence-corrected chi connectivity index (χ2v) is 7.24. The van der Waals surface area contributed by atoms with Crippen LogP contribution >= 0.6 is 0 Å². The molecule has 2 fully saturated rings. The summed E-state index contributed by atoms with van der Waals surface area (Å²) in [6.45, 7) is 13.3. The molecule has 1 aromatic heterocycles. The van der Waals surface area contributed by atoms with E-state index in [1.807, 2.05) is 6.92 Å². The molecular formula is C17H29N3O3. The molecule has 2 saturated heterocycles. The van der Waals surface area contributed by atoms with Gasteiger partial charge in [0.2, 0.25) is 0 Å². The van der Waals surface area contributed by atoms with Crippen LogP contribution in [0.1, 0.15) is 46.7 Å². The molecule has 130 valence electrons. The Morgan fingerprint density at radius 3 is 2.00 bits per heavy atom. The topological polar surface area (TPSA) is 77.1 Å². The van der Waals surface area contributed by atoms with Gasteiger partial charge in [-0.2, -0.15) is 15.4 Å². The number of H-pyrrole nitrogens is 1. The third-order valence-electron chi connectivity index (χ3n) is 5.45. The molecule has 6 nitrogen and oxygen atoms in total. The summed E-state index contributed by atoms with van der Waals surface area (Å²) in [4.78, 5) is 11.5. The van der Waals surface area contributed by atoms with Crippen molar-refractivity contribution in [2.45, 2.75) is 46.5 Å². The van der Waals surface area contributed by atoms with Gasteiger partial charge in [0.1, 0.15) is 5.78 Å². The summed E-state index contributed by atoms with van der Waals surface area (Å²) in [7, 11) is 0. The largest absolute Gasteiger partial charge is 0.379 e. The van der Waals surface area contributed by atoms with Gasteiger partial charge in [0.05, 0.1) is 49.1 Å². The predicted molar refractivity (Wildman–Crippen MR) is 87.1 cm³/mol. The molecule has 3 heterocycles. The Bertz CT molecular complexity index is 503. The maximum Gasteiger partial charge on any atom is 0.143 e. The molecule has 0 radical (unpaired) electrons. The third-order valence-corrected chi connectivity index (χ3v) is 5.45. The molecule has 23 heavy (non-hydrogen) atoms. The number of Topliss-reactive ketones (excluding diaryl/α,β-unsaturated/α-hetero) is 1. The first-order valence-corrected chi connectivity index (χ1v) is 8.44. The lowest BCUT2D eigenvalue weighted by molar-refractivity contribution is -0.169. The fourth-order valence-electron chi connectivity index (χ4n) is 3.03. The van der Waals surface area contributed by atoms with Gasteiger partial charge < -0.3 is 9.47 Å². The first-order chi connectivity index (χ1) is 10.9. The van der Waals surface area contributed by atoms with Gasteiger partial charge in [-0.15, -0.1) is 0 Å². The van der Waals surface area contributed by atoms with Crippen LogP contribution in [0.2, 0.25) is 0 Å². The highest BCUT2D eigenvalue weighted by Gasteiger charge is 2.47. The number of ether oxygens (including phenoxy) is 2. The molecule has 0 unspecified atom stereocenters. The van der Waals surface area contributed by atoms with Gasteiger partial charge in [0.25, 0.3) is 0 Å². The van der Waals surface area contributed by atoms with Gasteiger partial charge in [-0.1, -0.05) is 34.6 Å². The Hall–Kier alpha value is -1.27. The minimum atomic E-state index is -0.130. The average Bonchev–Trinajstić information content (AvgIpc) is 2.89. The quantitative estimate of drug-likeness (QED) is 0.900. The van der Waals surface area contributed by atoms with E-state index in [0.29, 0.717) is 37.3 Å². The number of hydrogen-bond donors (Lipinski definition) is 1. The summed E-state index contributed by atoms with van der Waals surface area (Å²) in [5, 5.41) is 10.6. The van der Waals surface area contributed by atoms with Gasteiger partial charge in [-0.3, -0.25) is 4.79 Å². The fraction of sp³-hybridized carbons (Fsp3) is 0.824. The van der Waals surface area contributed by atoms with Crippen molar-refractivity contribution in [2.75, 3.05) is 26.4 Å². The molecule has 6 heteroatoms. The van der Waals surface area contributed by atoms with Crippen molar-refractivity contribution in [1.82, 2.24) is 15.4 Å². The molecular weight excluding hydrogens is 294 g/mol. The van der Waals surface area contributed by atoms with Crippen LogP contribution < -0.4 is 0 Å². The highest BCUT2D eigenvalue weighted by atomic mass is 16.5. The Labute approximate surface area is 138 Å². The van der Waals surface area contributed by atoms with Crippen LogP contribution in [0.15, 0.2) is 6.20 Å². The Morgan fingerprint density at radius 1 is 1.17 bits per heavy atom. The summed E-state index contributed by atoms with van der Waals surface area (Å²) in [6.07, 6.45) is 2.43. The number of nitrogens with one attached hydrogen (secondary N) is 1. The van der Waals surface area contributed by atoms with Crippen LogP contribution in [-0.2, 0) is 19.7 Å². The monoisotopic (exact) mass is 323 g/mol. The van der Waals surface area contributed by atoms with Gasteiger partial charge in [-0.25, -0.2) is 0 Å². The molecule has 0 atom stereocenters. The summed E-state index contributed by atoms with van der Waals surface area (Å²) in [6, 6.07) is 0. The van der Waals surface area contributed by atoms with Crippen LogP contribution in [0.5, 0.6) is 0 Å². The van der Waals surface area contributed by atoms with E-state index in [9.17, 15) is 4.79 Å². The van der Waals surface area contributed by atoms with E-state index in [1.165, 1.54) is 0 Å². The van der Waals surface area contributed by atoms with Gasteiger partial charge >= 0.3 is 0 Å². The Balaban J connectivity index is 0.000000168. The van der Waals surface area contributed by atoms with Crippen LogP contribution in [0.4, 0.5) is 0 Å². The second-order valence-electron chi connectivity index (χ2n) is 7.24. The van der Waals surface area contributed by atoms with E-state index in [-0.39, 0.29) is 10.8 Å². The van der Waals surface area contributed by atoms with Gasteiger partial charge in [0.15, 0.2) is 0 Å². The van der Waals surface area contributed by atoms with E-state index in [2.05, 4.69) is 43.1 Å². The van der Waals surface area contributed by atoms with E-state index in [1.54, 1.807) is 6.20 Å². The number of rotatable bonds is 5. The zero-order valence-corrected chi connectivity index (χ0v) is 14.9. The van der Waals surface area contributed by atoms with Crippen molar-refractivity contribution in [3.63, 3.8) is 0 Å². The van der Waals surface area contributed by atoms with Crippen molar-refractivity contribution < 1.29 is 14.3 Å². The van der Waals surface area contributed by atoms with Crippen molar-refractivity contribution >= 4 is 5.78 Å². The summed E-state index contributed by atoms with van der Waals surface area (Å²) in [5.74, 6) is 1.33. The zero-order valence-electron chi connectivity index (χ0n) is 14.9.